The van der Waals surface area contributed by atoms with Crippen LogP contribution in [0.5, 0.6) is 0 Å². The molecule has 0 saturated carbocycles. The third-order valence-corrected chi connectivity index (χ3v) is 6.41. The molecule has 4 unspecified atom stereocenters. The normalized spacial score (nSPS) is 33.0. The van der Waals surface area contributed by atoms with Gasteiger partial charge in [0.05, 0.1) is 18.1 Å². The maximum Gasteiger partial charge on any atom is 0.315 e. The summed E-state index contributed by atoms with van der Waals surface area (Å²) in [4.78, 5) is 21.8. The summed E-state index contributed by atoms with van der Waals surface area (Å²) < 4.78 is 0. The van der Waals surface area contributed by atoms with Crippen LogP contribution in [0.2, 0.25) is 0 Å². The average Bonchev–Trinajstić information content (AvgIpc) is 3.02. The molecule has 23 heavy (non-hydrogen) atoms. The number of rotatable bonds is 0. The van der Waals surface area contributed by atoms with Gasteiger partial charge in [-0.3, -0.25) is 0 Å². The molecule has 4 N–H and O–H groups in total. The summed E-state index contributed by atoms with van der Waals surface area (Å²) in [6.07, 6.45) is 0. The Balaban J connectivity index is 0.000000174. The molecule has 7 heteroatoms. The van der Waals surface area contributed by atoms with Crippen molar-refractivity contribution in [3.05, 3.63) is 0 Å². The SMILES string of the molecule is CC(C)(C)C1CNC(=O)N1.CC(C)(C)C1SCC2NC(=O)NC21. The minimum atomic E-state index is -0.0417. The number of hydrogen-bond donors (Lipinski definition) is 4. The molecular weight excluding hydrogens is 312 g/mol. The monoisotopic (exact) mass is 342 g/mol. The van der Waals surface area contributed by atoms with Crippen molar-refractivity contribution in [1.82, 2.24) is 21.3 Å². The van der Waals surface area contributed by atoms with E-state index in [1.807, 2.05) is 11.8 Å². The maximum absolute atomic E-state index is 11.1. The van der Waals surface area contributed by atoms with Crippen LogP contribution in [0.15, 0.2) is 0 Å². The van der Waals surface area contributed by atoms with E-state index >= 15 is 0 Å². The molecule has 3 heterocycles. The van der Waals surface area contributed by atoms with Gasteiger partial charge in [0.15, 0.2) is 0 Å². The number of carbonyl (C=O) groups is 2. The summed E-state index contributed by atoms with van der Waals surface area (Å²) in [7, 11) is 0. The van der Waals surface area contributed by atoms with Crippen LogP contribution in [0.4, 0.5) is 9.59 Å². The van der Waals surface area contributed by atoms with Crippen molar-refractivity contribution in [2.24, 2.45) is 10.8 Å². The Morgan fingerprint density at radius 3 is 2.00 bits per heavy atom. The van der Waals surface area contributed by atoms with Crippen LogP contribution >= 0.6 is 11.8 Å². The zero-order valence-electron chi connectivity index (χ0n) is 14.9. The summed E-state index contributed by atoms with van der Waals surface area (Å²) >= 11 is 1.97. The molecular formula is C16H30N4O2S. The fourth-order valence-electron chi connectivity index (χ4n) is 3.06. The van der Waals surface area contributed by atoms with Crippen molar-refractivity contribution < 1.29 is 9.59 Å². The first-order valence-corrected chi connectivity index (χ1v) is 9.26. The minimum Gasteiger partial charge on any atom is -0.336 e. The zero-order valence-corrected chi connectivity index (χ0v) is 15.8. The highest BCUT2D eigenvalue weighted by Gasteiger charge is 2.47. The number of hydrogen-bond acceptors (Lipinski definition) is 3. The van der Waals surface area contributed by atoms with Crippen LogP contribution < -0.4 is 21.3 Å². The first kappa shape index (κ1) is 18.2. The van der Waals surface area contributed by atoms with Crippen molar-refractivity contribution in [3.63, 3.8) is 0 Å². The summed E-state index contributed by atoms with van der Waals surface area (Å²) in [5.74, 6) is 1.05. The fourth-order valence-corrected chi connectivity index (χ4v) is 4.73. The van der Waals surface area contributed by atoms with Crippen LogP contribution in [0.3, 0.4) is 0 Å². The number of fused-ring (bicyclic) bond motifs is 1. The Labute approximate surface area is 143 Å². The fraction of sp³-hybridized carbons (Fsp3) is 0.875. The predicted molar refractivity (Wildman–Crippen MR) is 94.7 cm³/mol. The van der Waals surface area contributed by atoms with Gasteiger partial charge in [0.2, 0.25) is 0 Å². The van der Waals surface area contributed by atoms with Gasteiger partial charge in [0.25, 0.3) is 0 Å². The average molecular weight is 343 g/mol. The quantitative estimate of drug-likeness (QED) is 0.508. The third-order valence-electron chi connectivity index (χ3n) is 4.50. The van der Waals surface area contributed by atoms with Crippen LogP contribution in [0.1, 0.15) is 41.5 Å². The van der Waals surface area contributed by atoms with Crippen molar-refractivity contribution in [2.45, 2.75) is 64.9 Å². The van der Waals surface area contributed by atoms with E-state index < -0.39 is 0 Å². The van der Waals surface area contributed by atoms with Crippen LogP contribution in [0.25, 0.3) is 0 Å². The van der Waals surface area contributed by atoms with Gasteiger partial charge in [-0.2, -0.15) is 11.8 Å². The lowest BCUT2D eigenvalue weighted by atomic mass is 9.86. The van der Waals surface area contributed by atoms with Crippen LogP contribution in [-0.4, -0.2) is 47.7 Å². The zero-order chi connectivity index (χ0) is 17.4. The Morgan fingerprint density at radius 1 is 0.913 bits per heavy atom. The Morgan fingerprint density at radius 2 is 1.57 bits per heavy atom. The molecule has 4 amide bonds. The van der Waals surface area contributed by atoms with Gasteiger partial charge in [-0.15, -0.1) is 0 Å². The molecule has 3 saturated heterocycles. The highest BCUT2D eigenvalue weighted by atomic mass is 32.2. The van der Waals surface area contributed by atoms with E-state index in [4.69, 9.17) is 0 Å². The van der Waals surface area contributed by atoms with Crippen molar-refractivity contribution in [1.29, 1.82) is 0 Å². The molecule has 0 radical (unpaired) electrons. The van der Waals surface area contributed by atoms with Gasteiger partial charge in [-0.25, -0.2) is 9.59 Å². The highest BCUT2D eigenvalue weighted by molar-refractivity contribution is 8.00. The highest BCUT2D eigenvalue weighted by Crippen LogP contribution is 2.40. The second-order valence-electron chi connectivity index (χ2n) is 8.64. The minimum absolute atomic E-state index is 0.00421. The molecule has 132 valence electrons. The molecule has 4 atom stereocenters. The third kappa shape index (κ3) is 4.46. The van der Waals surface area contributed by atoms with Gasteiger partial charge in [-0.05, 0) is 10.8 Å². The topological polar surface area (TPSA) is 82.3 Å². The Hall–Kier alpha value is -1.11. The molecule has 0 aliphatic carbocycles. The van der Waals surface area contributed by atoms with Crippen LogP contribution in [0, 0.1) is 10.8 Å². The van der Waals surface area contributed by atoms with Gasteiger partial charge < -0.3 is 21.3 Å². The molecule has 3 aliphatic rings. The first-order valence-electron chi connectivity index (χ1n) is 8.21. The molecule has 0 aromatic heterocycles. The van der Waals surface area contributed by atoms with Crippen LogP contribution in [-0.2, 0) is 0 Å². The van der Waals surface area contributed by atoms with Gasteiger partial charge >= 0.3 is 12.1 Å². The number of amides is 4. The molecule has 6 nitrogen and oxygen atoms in total. The summed E-state index contributed by atoms with van der Waals surface area (Å²) in [5.41, 5.74) is 0.433. The molecule has 0 spiro atoms. The van der Waals surface area contributed by atoms with E-state index in [0.717, 1.165) is 12.3 Å². The largest absolute Gasteiger partial charge is 0.336 e. The molecule has 3 rings (SSSR count). The lowest BCUT2D eigenvalue weighted by Gasteiger charge is -2.30. The number of nitrogens with one attached hydrogen (secondary N) is 4. The predicted octanol–water partition coefficient (Wildman–Crippen LogP) is 1.91. The summed E-state index contributed by atoms with van der Waals surface area (Å²) in [6, 6.07) is 0.920. The van der Waals surface area contributed by atoms with Crippen molar-refractivity contribution in [3.8, 4) is 0 Å². The molecule has 3 aliphatic heterocycles. The lowest BCUT2D eigenvalue weighted by Crippen LogP contribution is -2.42. The molecule has 0 aromatic carbocycles. The standard InChI is InChI=1S/C9H16N2OS.C7H14N2O/c1-9(2,3)7-6-5(4-13-7)10-8(12)11-6;1-7(2,3)5-4-8-6(10)9-5/h5-7H,4H2,1-3H3,(H2,10,11,12);5H,4H2,1-3H3,(H2,8,9,10). The number of carbonyl (C=O) groups excluding carboxylic acids is 2. The van der Waals surface area contributed by atoms with Gasteiger partial charge in [-0.1, -0.05) is 41.5 Å². The van der Waals surface area contributed by atoms with Gasteiger partial charge in [0.1, 0.15) is 0 Å². The molecule has 3 fully saturated rings. The Bertz CT molecular complexity index is 470. The van der Waals surface area contributed by atoms with E-state index in [9.17, 15) is 9.59 Å². The van der Waals surface area contributed by atoms with E-state index in [2.05, 4.69) is 62.8 Å². The number of thioether (sulfide) groups is 1. The smallest absolute Gasteiger partial charge is 0.315 e. The first-order chi connectivity index (χ1) is 10.5. The molecule has 0 bridgehead atoms. The second-order valence-corrected chi connectivity index (χ2v) is 9.82. The van der Waals surface area contributed by atoms with Crippen molar-refractivity contribution >= 4 is 23.8 Å². The van der Waals surface area contributed by atoms with E-state index in [0.29, 0.717) is 17.3 Å². The maximum atomic E-state index is 11.1. The Kier molecular flexibility index (Phi) is 5.09. The lowest BCUT2D eigenvalue weighted by molar-refractivity contribution is 0.241. The second kappa shape index (κ2) is 6.42. The number of urea groups is 2. The summed E-state index contributed by atoms with van der Waals surface area (Å²) in [5, 5.41) is 12.1. The van der Waals surface area contributed by atoms with Gasteiger partial charge in [0, 0.05) is 17.5 Å². The van der Waals surface area contributed by atoms with E-state index in [-0.39, 0.29) is 28.9 Å². The van der Waals surface area contributed by atoms with E-state index in [1.165, 1.54) is 0 Å². The van der Waals surface area contributed by atoms with E-state index in [1.54, 1.807) is 0 Å². The molecule has 0 aromatic rings. The van der Waals surface area contributed by atoms with Crippen molar-refractivity contribution in [2.75, 3.05) is 12.3 Å². The summed E-state index contributed by atoms with van der Waals surface area (Å²) in [6.45, 7) is 13.8.